The second-order valence-electron chi connectivity index (χ2n) is 20.1. The summed E-state index contributed by atoms with van der Waals surface area (Å²) in [6.45, 7) is 24.6. The van der Waals surface area contributed by atoms with Crippen molar-refractivity contribution < 1.29 is 14.0 Å². The number of carbonyl (C=O) groups is 2. The topological polar surface area (TPSA) is 96.7 Å². The largest absolute Gasteiger partial charge is 0.453 e. The molecule has 0 aliphatic heterocycles. The fourth-order valence-corrected chi connectivity index (χ4v) is 7.54. The number of ketones is 2. The van der Waals surface area contributed by atoms with Gasteiger partial charge in [0.15, 0.2) is 23.1 Å². The standard InChI is InChI=1S/C54H56N4O3/c1-51(2,3)41-29-37(30-42(49(41)59)52(4,5)6)47(57-55-39-23-21-33-17-13-15-19-35(33)27-39)45-25-26-46(61-45)48(58-56-40-24-22-34-18-14-16-20-36(34)28-40)38-31-43(53(7,8)9)50(60)44(32-38)54(10,11)12/h13-32H,1-12H3/b57-55+,58-56+. The first-order chi connectivity index (χ1) is 28.6. The Morgan fingerprint density at radius 2 is 0.721 bits per heavy atom. The van der Waals surface area contributed by atoms with E-state index in [1.54, 1.807) is 0 Å². The summed E-state index contributed by atoms with van der Waals surface area (Å²) < 4.78 is 6.86. The lowest BCUT2D eigenvalue weighted by Crippen LogP contribution is -2.28. The van der Waals surface area contributed by atoms with Crippen LogP contribution in [0.4, 0.5) is 11.4 Å². The molecule has 0 saturated carbocycles. The van der Waals surface area contributed by atoms with Gasteiger partial charge in [0.1, 0.15) is 11.4 Å². The van der Waals surface area contributed by atoms with Crippen LogP contribution < -0.4 is 0 Å². The Hall–Kier alpha value is -6.34. The van der Waals surface area contributed by atoms with E-state index in [2.05, 4.69) is 24.3 Å². The van der Waals surface area contributed by atoms with Crippen LogP contribution in [0.5, 0.6) is 0 Å². The molecule has 0 N–H and O–H groups in total. The van der Waals surface area contributed by atoms with Gasteiger partial charge in [-0.3, -0.25) is 9.59 Å². The minimum Gasteiger partial charge on any atom is -0.453 e. The molecule has 0 radical (unpaired) electrons. The van der Waals surface area contributed by atoms with Gasteiger partial charge >= 0.3 is 0 Å². The van der Waals surface area contributed by atoms with Crippen molar-refractivity contribution in [2.45, 2.75) is 83.1 Å². The van der Waals surface area contributed by atoms with Gasteiger partial charge < -0.3 is 4.42 Å². The van der Waals surface area contributed by atoms with Gasteiger partial charge in [0, 0.05) is 33.4 Å². The zero-order valence-corrected chi connectivity index (χ0v) is 37.6. The zero-order chi connectivity index (χ0) is 44.1. The fourth-order valence-electron chi connectivity index (χ4n) is 7.54. The van der Waals surface area contributed by atoms with E-state index in [1.807, 2.05) is 180 Å². The lowest BCUT2D eigenvalue weighted by molar-refractivity contribution is -0.114. The minimum absolute atomic E-state index is 0.0190. The average molecular weight is 809 g/mol. The van der Waals surface area contributed by atoms with E-state index >= 15 is 0 Å². The lowest BCUT2D eigenvalue weighted by atomic mass is 9.71. The van der Waals surface area contributed by atoms with Crippen molar-refractivity contribution >= 4 is 55.9 Å². The molecule has 1 heterocycles. The molecule has 1 aromatic heterocycles. The second kappa shape index (κ2) is 15.9. The Morgan fingerprint density at radius 3 is 1.03 bits per heavy atom. The summed E-state index contributed by atoms with van der Waals surface area (Å²) in [5.41, 5.74) is 4.61. The number of Topliss-reactive ketones (excluding diaryl/α,β-unsaturated/α-hetero) is 2. The molecular weight excluding hydrogens is 753 g/mol. The smallest absolute Gasteiger partial charge is 0.186 e. The van der Waals surface area contributed by atoms with Crippen molar-refractivity contribution in [1.29, 1.82) is 0 Å². The molecule has 7 heteroatoms. The third-order valence-electron chi connectivity index (χ3n) is 11.0. The summed E-state index contributed by atoms with van der Waals surface area (Å²) in [5.74, 6) is 0.906. The molecule has 7 rings (SSSR count). The number of allylic oxidation sites excluding steroid dienone is 10. The van der Waals surface area contributed by atoms with Crippen LogP contribution in [0.25, 0.3) is 32.9 Å². The number of nitrogens with zero attached hydrogens (tertiary/aromatic N) is 4. The van der Waals surface area contributed by atoms with E-state index in [9.17, 15) is 9.59 Å². The number of fused-ring (bicyclic) bond motifs is 2. The highest BCUT2D eigenvalue weighted by Crippen LogP contribution is 2.44. The van der Waals surface area contributed by atoms with Crippen LogP contribution in [0.1, 0.15) is 94.6 Å². The normalized spacial score (nSPS) is 15.8. The maximum absolute atomic E-state index is 14.1. The Balaban J connectivity index is 1.48. The zero-order valence-electron chi connectivity index (χ0n) is 37.6. The molecule has 310 valence electrons. The Labute approximate surface area is 360 Å². The van der Waals surface area contributed by atoms with Crippen LogP contribution >= 0.6 is 0 Å². The van der Waals surface area contributed by atoms with Gasteiger partial charge in [-0.1, -0.05) is 144 Å². The van der Waals surface area contributed by atoms with Gasteiger partial charge in [-0.15, -0.1) is 10.2 Å². The van der Waals surface area contributed by atoms with E-state index in [0.29, 0.717) is 67.7 Å². The van der Waals surface area contributed by atoms with Crippen LogP contribution in [0.3, 0.4) is 0 Å². The van der Waals surface area contributed by atoms with Crippen molar-refractivity contribution in [3.63, 3.8) is 0 Å². The number of rotatable bonds is 6. The predicted molar refractivity (Wildman–Crippen MR) is 250 cm³/mol. The van der Waals surface area contributed by atoms with Crippen molar-refractivity contribution in [3.8, 4) is 0 Å². The van der Waals surface area contributed by atoms with Crippen LogP contribution in [0, 0.1) is 21.7 Å². The van der Waals surface area contributed by atoms with E-state index in [-0.39, 0.29) is 11.6 Å². The monoisotopic (exact) mass is 808 g/mol. The summed E-state index contributed by atoms with van der Waals surface area (Å²) in [7, 11) is 0. The molecular formula is C54H56N4O3. The molecule has 61 heavy (non-hydrogen) atoms. The minimum atomic E-state index is -0.449. The maximum Gasteiger partial charge on any atom is 0.186 e. The number of carbonyl (C=O) groups excluding carboxylic acids is 2. The molecule has 0 spiro atoms. The van der Waals surface area contributed by atoms with Gasteiger partial charge in [-0.2, -0.15) is 10.2 Å². The summed E-state index contributed by atoms with van der Waals surface area (Å²) in [6, 6.07) is 31.9. The van der Waals surface area contributed by atoms with Gasteiger partial charge in [-0.25, -0.2) is 0 Å². The van der Waals surface area contributed by atoms with Crippen LogP contribution in [0.2, 0.25) is 0 Å². The molecule has 2 aliphatic rings. The molecule has 0 saturated heterocycles. The average Bonchev–Trinajstić information content (AvgIpc) is 3.66. The second-order valence-corrected chi connectivity index (χ2v) is 20.1. The van der Waals surface area contributed by atoms with Gasteiger partial charge in [-0.05, 0) is 104 Å². The Morgan fingerprint density at radius 1 is 0.410 bits per heavy atom. The lowest BCUT2D eigenvalue weighted by Gasteiger charge is -2.31. The van der Waals surface area contributed by atoms with Crippen molar-refractivity contribution in [3.05, 3.63) is 166 Å². The van der Waals surface area contributed by atoms with E-state index in [1.165, 1.54) is 0 Å². The van der Waals surface area contributed by atoms with E-state index < -0.39 is 21.7 Å². The summed E-state index contributed by atoms with van der Waals surface area (Å²) in [4.78, 5) is 28.1. The van der Waals surface area contributed by atoms with Crippen molar-refractivity contribution in [1.82, 2.24) is 0 Å². The molecule has 5 aromatic rings. The van der Waals surface area contributed by atoms with E-state index in [0.717, 1.165) is 21.5 Å². The highest BCUT2D eigenvalue weighted by atomic mass is 16.3. The van der Waals surface area contributed by atoms with Crippen LogP contribution in [-0.4, -0.2) is 11.6 Å². The van der Waals surface area contributed by atoms with Crippen molar-refractivity contribution in [2.75, 3.05) is 0 Å². The molecule has 4 aromatic carbocycles. The summed E-state index contributed by atoms with van der Waals surface area (Å²) >= 11 is 0. The SMILES string of the molecule is CC(C)(C)C1=CC(=C(/N=N/c2ccc3ccccc3c2)c2ccc(C(/N=N/c3ccc4ccccc4c3)=C3C=C(C(C)(C)C)C(=O)C(C(C)(C)C)=C3)o2)C=C(C(C)(C)C)C1=O. The van der Waals surface area contributed by atoms with Gasteiger partial charge in [0.2, 0.25) is 0 Å². The summed E-state index contributed by atoms with van der Waals surface area (Å²) in [6.07, 6.45) is 7.71. The maximum atomic E-state index is 14.1. The van der Waals surface area contributed by atoms with Gasteiger partial charge in [0.05, 0.1) is 11.4 Å². The predicted octanol–water partition coefficient (Wildman–Crippen LogP) is 15.6. The molecule has 7 nitrogen and oxygen atoms in total. The molecule has 0 bridgehead atoms. The van der Waals surface area contributed by atoms with Crippen molar-refractivity contribution in [2.24, 2.45) is 42.1 Å². The number of hydrogen-bond donors (Lipinski definition) is 0. The number of furan rings is 1. The number of hydrogen-bond acceptors (Lipinski definition) is 7. The highest BCUT2D eigenvalue weighted by Gasteiger charge is 2.37. The highest BCUT2D eigenvalue weighted by molar-refractivity contribution is 6.13. The number of azo groups is 2. The van der Waals surface area contributed by atoms with Gasteiger partial charge in [0.25, 0.3) is 0 Å². The molecule has 0 atom stereocenters. The number of benzene rings is 4. The van der Waals surface area contributed by atoms with Crippen LogP contribution in [-0.2, 0) is 9.59 Å². The molecule has 0 unspecified atom stereocenters. The Kier molecular flexibility index (Phi) is 11.2. The van der Waals surface area contributed by atoms with Crippen LogP contribution in [0.15, 0.2) is 180 Å². The molecule has 2 aliphatic carbocycles. The summed E-state index contributed by atoms with van der Waals surface area (Å²) in [5, 5.41) is 23.7. The quantitative estimate of drug-likeness (QED) is 0.160. The van der Waals surface area contributed by atoms with E-state index in [4.69, 9.17) is 24.9 Å². The first kappa shape index (κ1) is 42.8. The third-order valence-corrected chi connectivity index (χ3v) is 11.0. The third kappa shape index (κ3) is 9.22. The molecule has 0 amide bonds. The Bertz CT molecular complexity index is 2590. The fraction of sp³-hybridized carbons (Fsp3) is 0.296. The first-order valence-corrected chi connectivity index (χ1v) is 21.0. The first-order valence-electron chi connectivity index (χ1n) is 21.0. The molecule has 0 fully saturated rings.